The molecule has 1 aliphatic rings. The van der Waals surface area contributed by atoms with Crippen LogP contribution >= 0.6 is 0 Å². The summed E-state index contributed by atoms with van der Waals surface area (Å²) in [6.45, 7) is 4.96. The summed E-state index contributed by atoms with van der Waals surface area (Å²) in [7, 11) is 0. The van der Waals surface area contributed by atoms with Gasteiger partial charge in [-0.2, -0.15) is 13.2 Å². The first kappa shape index (κ1) is 13.9. The summed E-state index contributed by atoms with van der Waals surface area (Å²) >= 11 is 0. The Kier molecular flexibility index (Phi) is 4.85. The Morgan fingerprint density at radius 3 is 2.12 bits per heavy atom. The Morgan fingerprint density at radius 2 is 1.71 bits per heavy atom. The first-order valence-corrected chi connectivity index (χ1v) is 5.73. The Labute approximate surface area is 100 Å². The fourth-order valence-electron chi connectivity index (χ4n) is 1.81. The van der Waals surface area contributed by atoms with Gasteiger partial charge in [0.15, 0.2) is 0 Å². The van der Waals surface area contributed by atoms with Gasteiger partial charge in [-0.25, -0.2) is 0 Å². The van der Waals surface area contributed by atoms with Crippen LogP contribution in [0.2, 0.25) is 0 Å². The lowest BCUT2D eigenvalue weighted by Crippen LogP contribution is -2.18. The zero-order valence-corrected chi connectivity index (χ0v) is 10.2. The van der Waals surface area contributed by atoms with Crippen LogP contribution in [0, 0.1) is 5.92 Å². The SMILES string of the molecule is CC(F)(F)F.CC1CCN(c2ccccc2)C1. The quantitative estimate of drug-likeness (QED) is 0.720. The Hall–Kier alpha value is -1.19. The van der Waals surface area contributed by atoms with Crippen LogP contribution in [0.5, 0.6) is 0 Å². The Balaban J connectivity index is 0.000000249. The lowest BCUT2D eigenvalue weighted by Gasteiger charge is -2.17. The molecule has 4 heteroatoms. The van der Waals surface area contributed by atoms with Crippen LogP contribution in [-0.4, -0.2) is 19.3 Å². The molecular formula is C13H18F3N. The standard InChI is InChI=1S/C11H15N.C2H3F3/c1-10-7-8-12(9-10)11-5-3-2-4-6-11;1-2(3,4)5/h2-6,10H,7-9H2,1H3;1H3. The van der Waals surface area contributed by atoms with Crippen molar-refractivity contribution in [3.63, 3.8) is 0 Å². The van der Waals surface area contributed by atoms with E-state index in [1.807, 2.05) is 0 Å². The van der Waals surface area contributed by atoms with Crippen LogP contribution in [0.15, 0.2) is 30.3 Å². The van der Waals surface area contributed by atoms with Gasteiger partial charge >= 0.3 is 6.18 Å². The largest absolute Gasteiger partial charge is 0.386 e. The number of hydrogen-bond acceptors (Lipinski definition) is 1. The van der Waals surface area contributed by atoms with Gasteiger partial charge < -0.3 is 4.90 Å². The van der Waals surface area contributed by atoms with Crippen LogP contribution in [-0.2, 0) is 0 Å². The minimum absolute atomic E-state index is 0.188. The summed E-state index contributed by atoms with van der Waals surface area (Å²) in [5.74, 6) is 0.866. The number of para-hydroxylation sites is 1. The highest BCUT2D eigenvalue weighted by atomic mass is 19.4. The van der Waals surface area contributed by atoms with Crippen molar-refractivity contribution in [3.8, 4) is 0 Å². The van der Waals surface area contributed by atoms with Crippen molar-refractivity contribution in [1.82, 2.24) is 0 Å². The number of halogens is 3. The third-order valence-electron chi connectivity index (χ3n) is 2.55. The lowest BCUT2D eigenvalue weighted by atomic mass is 10.2. The molecule has 0 radical (unpaired) electrons. The summed E-state index contributed by atoms with van der Waals surface area (Å²) in [5, 5.41) is 0. The fraction of sp³-hybridized carbons (Fsp3) is 0.538. The van der Waals surface area contributed by atoms with Gasteiger partial charge in [0, 0.05) is 25.7 Å². The van der Waals surface area contributed by atoms with Crippen LogP contribution in [0.1, 0.15) is 20.3 Å². The van der Waals surface area contributed by atoms with Gasteiger partial charge in [0.05, 0.1) is 0 Å². The average molecular weight is 245 g/mol. The molecular weight excluding hydrogens is 227 g/mol. The number of benzene rings is 1. The molecule has 0 bridgehead atoms. The van der Waals surface area contributed by atoms with Crippen LogP contribution < -0.4 is 4.90 Å². The Morgan fingerprint density at radius 1 is 1.18 bits per heavy atom. The molecule has 1 aromatic carbocycles. The number of anilines is 1. The van der Waals surface area contributed by atoms with Crippen molar-refractivity contribution >= 4 is 5.69 Å². The molecule has 1 aliphatic heterocycles. The van der Waals surface area contributed by atoms with E-state index >= 15 is 0 Å². The lowest BCUT2D eigenvalue weighted by molar-refractivity contribution is -0.110. The smallest absolute Gasteiger partial charge is 0.371 e. The minimum atomic E-state index is -4.00. The molecule has 0 aromatic heterocycles. The minimum Gasteiger partial charge on any atom is -0.371 e. The van der Waals surface area contributed by atoms with Crippen molar-refractivity contribution in [2.75, 3.05) is 18.0 Å². The third kappa shape index (κ3) is 6.19. The van der Waals surface area contributed by atoms with E-state index in [-0.39, 0.29) is 6.92 Å². The zero-order chi connectivity index (χ0) is 12.9. The molecule has 0 N–H and O–H groups in total. The summed E-state index contributed by atoms with van der Waals surface area (Å²) in [4.78, 5) is 2.46. The fourth-order valence-corrected chi connectivity index (χ4v) is 1.81. The number of rotatable bonds is 1. The molecule has 1 fully saturated rings. The van der Waals surface area contributed by atoms with E-state index in [9.17, 15) is 13.2 Å². The van der Waals surface area contributed by atoms with Gasteiger partial charge in [0.2, 0.25) is 0 Å². The van der Waals surface area contributed by atoms with Gasteiger partial charge in [-0.1, -0.05) is 25.1 Å². The number of alkyl halides is 3. The molecule has 0 amide bonds. The normalized spacial score (nSPS) is 19.8. The van der Waals surface area contributed by atoms with E-state index in [0.29, 0.717) is 0 Å². The first-order chi connectivity index (χ1) is 7.86. The predicted octanol–water partition coefficient (Wildman–Crippen LogP) is 4.10. The maximum atomic E-state index is 10.4. The van der Waals surface area contributed by atoms with Crippen molar-refractivity contribution in [1.29, 1.82) is 0 Å². The molecule has 2 rings (SSSR count). The highest BCUT2D eigenvalue weighted by Crippen LogP contribution is 2.22. The molecule has 0 aliphatic carbocycles. The zero-order valence-electron chi connectivity index (χ0n) is 10.2. The van der Waals surface area contributed by atoms with Crippen molar-refractivity contribution in [3.05, 3.63) is 30.3 Å². The van der Waals surface area contributed by atoms with Gasteiger partial charge in [-0.3, -0.25) is 0 Å². The maximum Gasteiger partial charge on any atom is 0.386 e. The molecule has 1 atom stereocenters. The average Bonchev–Trinajstić information content (AvgIpc) is 2.64. The van der Waals surface area contributed by atoms with Crippen LogP contribution in [0.3, 0.4) is 0 Å². The van der Waals surface area contributed by atoms with Crippen molar-refractivity contribution in [2.24, 2.45) is 5.92 Å². The van der Waals surface area contributed by atoms with E-state index in [4.69, 9.17) is 0 Å². The number of hydrogen-bond donors (Lipinski definition) is 0. The second kappa shape index (κ2) is 5.94. The van der Waals surface area contributed by atoms with Crippen molar-refractivity contribution in [2.45, 2.75) is 26.4 Å². The maximum absolute atomic E-state index is 10.4. The molecule has 96 valence electrons. The van der Waals surface area contributed by atoms with E-state index in [1.54, 1.807) is 0 Å². The Bertz CT molecular complexity index is 315. The second-order valence-corrected chi connectivity index (χ2v) is 4.46. The molecule has 1 saturated heterocycles. The van der Waals surface area contributed by atoms with Gasteiger partial charge in [0.1, 0.15) is 0 Å². The monoisotopic (exact) mass is 245 g/mol. The van der Waals surface area contributed by atoms with Crippen LogP contribution in [0.4, 0.5) is 18.9 Å². The van der Waals surface area contributed by atoms with Gasteiger partial charge in [-0.05, 0) is 24.5 Å². The topological polar surface area (TPSA) is 3.24 Å². The van der Waals surface area contributed by atoms with Crippen LogP contribution in [0.25, 0.3) is 0 Å². The second-order valence-electron chi connectivity index (χ2n) is 4.46. The third-order valence-corrected chi connectivity index (χ3v) is 2.55. The molecule has 1 heterocycles. The molecule has 0 saturated carbocycles. The van der Waals surface area contributed by atoms with Crippen molar-refractivity contribution < 1.29 is 13.2 Å². The molecule has 1 nitrogen and oxygen atoms in total. The molecule has 1 unspecified atom stereocenters. The summed E-state index contributed by atoms with van der Waals surface area (Å²) in [6.07, 6.45) is -2.66. The van der Waals surface area contributed by atoms with E-state index in [1.165, 1.54) is 25.2 Å². The summed E-state index contributed by atoms with van der Waals surface area (Å²) in [6, 6.07) is 10.7. The first-order valence-electron chi connectivity index (χ1n) is 5.73. The van der Waals surface area contributed by atoms with E-state index in [0.717, 1.165) is 5.92 Å². The molecule has 1 aromatic rings. The highest BCUT2D eigenvalue weighted by molar-refractivity contribution is 5.46. The highest BCUT2D eigenvalue weighted by Gasteiger charge is 2.18. The summed E-state index contributed by atoms with van der Waals surface area (Å²) < 4.78 is 31.1. The van der Waals surface area contributed by atoms with E-state index < -0.39 is 6.18 Å². The molecule has 0 spiro atoms. The molecule has 17 heavy (non-hydrogen) atoms. The summed E-state index contributed by atoms with van der Waals surface area (Å²) in [5.41, 5.74) is 1.38. The van der Waals surface area contributed by atoms with Gasteiger partial charge in [-0.15, -0.1) is 0 Å². The van der Waals surface area contributed by atoms with E-state index in [2.05, 4.69) is 42.2 Å². The predicted molar refractivity (Wildman–Crippen MR) is 64.2 cm³/mol. The van der Waals surface area contributed by atoms with Gasteiger partial charge in [0.25, 0.3) is 0 Å². The number of nitrogens with zero attached hydrogens (tertiary/aromatic N) is 1.